The number of rotatable bonds is 6. The lowest BCUT2D eigenvalue weighted by Crippen LogP contribution is -1.89. The highest BCUT2D eigenvalue weighted by atomic mass is 35.5. The van der Waals surface area contributed by atoms with E-state index < -0.39 is 0 Å². The van der Waals surface area contributed by atoms with Gasteiger partial charge in [0.15, 0.2) is 5.82 Å². The Morgan fingerprint density at radius 2 is 2.00 bits per heavy atom. The average molecular weight is 400 g/mol. The van der Waals surface area contributed by atoms with E-state index in [4.69, 9.17) is 20.8 Å². The predicted molar refractivity (Wildman–Crippen MR) is 103 cm³/mol. The lowest BCUT2D eigenvalue weighted by molar-refractivity contribution is 0.416. The molecule has 27 heavy (non-hydrogen) atoms. The first-order valence-electron chi connectivity index (χ1n) is 8.00. The summed E-state index contributed by atoms with van der Waals surface area (Å²) in [5, 5.41) is 16.4. The number of H-pyrrole nitrogens is 1. The van der Waals surface area contributed by atoms with Gasteiger partial charge in [0, 0.05) is 10.6 Å². The highest BCUT2D eigenvalue weighted by Crippen LogP contribution is 2.31. The van der Waals surface area contributed by atoms with E-state index in [9.17, 15) is 0 Å². The minimum atomic E-state index is 0.462. The third kappa shape index (κ3) is 3.96. The summed E-state index contributed by atoms with van der Waals surface area (Å²) >= 11 is 7.47. The summed E-state index contributed by atoms with van der Waals surface area (Å²) < 4.78 is 11.0. The fourth-order valence-corrected chi connectivity index (χ4v) is 3.24. The van der Waals surface area contributed by atoms with E-state index in [0.717, 1.165) is 11.1 Å². The highest BCUT2D eigenvalue weighted by molar-refractivity contribution is 7.98. The van der Waals surface area contributed by atoms with Gasteiger partial charge in [0.1, 0.15) is 5.75 Å². The van der Waals surface area contributed by atoms with Crippen molar-refractivity contribution in [3.05, 3.63) is 59.4 Å². The number of hydrogen-bond donors (Lipinski definition) is 1. The summed E-state index contributed by atoms with van der Waals surface area (Å²) in [6.07, 6.45) is 0. The molecular formula is C18H14ClN5O2S. The minimum Gasteiger partial charge on any atom is -0.496 e. The third-order valence-electron chi connectivity index (χ3n) is 3.69. The summed E-state index contributed by atoms with van der Waals surface area (Å²) in [5.41, 5.74) is 1.63. The van der Waals surface area contributed by atoms with Crippen LogP contribution in [0.4, 0.5) is 0 Å². The van der Waals surface area contributed by atoms with Gasteiger partial charge in [-0.05, 0) is 30.3 Å². The molecule has 0 radical (unpaired) electrons. The van der Waals surface area contributed by atoms with Gasteiger partial charge >= 0.3 is 0 Å². The molecule has 0 aliphatic rings. The Labute approximate surface area is 164 Å². The maximum atomic E-state index is 6.07. The molecule has 0 aliphatic heterocycles. The van der Waals surface area contributed by atoms with Gasteiger partial charge in [-0.1, -0.05) is 41.6 Å². The lowest BCUT2D eigenvalue weighted by Gasteiger charge is -2.05. The SMILES string of the molecule is COc1ccc(Cl)cc1-c1nc(SCc2nnc(-c3ccccc3)o2)n[nH]1. The van der Waals surface area contributed by atoms with Gasteiger partial charge in [-0.25, -0.2) is 4.98 Å². The first-order chi connectivity index (χ1) is 13.2. The number of ether oxygens (including phenoxy) is 1. The van der Waals surface area contributed by atoms with Gasteiger partial charge in [0.2, 0.25) is 16.9 Å². The Balaban J connectivity index is 1.46. The molecule has 136 valence electrons. The first-order valence-corrected chi connectivity index (χ1v) is 9.36. The summed E-state index contributed by atoms with van der Waals surface area (Å²) in [4.78, 5) is 4.48. The normalized spacial score (nSPS) is 10.9. The number of nitrogens with zero attached hydrogens (tertiary/aromatic N) is 4. The van der Waals surface area contributed by atoms with Crippen molar-refractivity contribution in [2.24, 2.45) is 0 Å². The van der Waals surface area contributed by atoms with Crippen LogP contribution in [-0.4, -0.2) is 32.5 Å². The number of thioether (sulfide) groups is 1. The number of hydrogen-bond acceptors (Lipinski definition) is 7. The molecule has 0 amide bonds. The zero-order chi connectivity index (χ0) is 18.6. The van der Waals surface area contributed by atoms with Crippen LogP contribution in [-0.2, 0) is 5.75 Å². The minimum absolute atomic E-state index is 0.462. The van der Waals surface area contributed by atoms with E-state index in [1.165, 1.54) is 11.8 Å². The van der Waals surface area contributed by atoms with Crippen LogP contribution in [0.15, 0.2) is 58.1 Å². The number of benzene rings is 2. The van der Waals surface area contributed by atoms with E-state index in [1.54, 1.807) is 25.3 Å². The number of aromatic nitrogens is 5. The molecule has 0 aliphatic carbocycles. The Hall–Kier alpha value is -2.84. The van der Waals surface area contributed by atoms with Crippen molar-refractivity contribution in [2.75, 3.05) is 7.11 Å². The molecule has 0 saturated heterocycles. The van der Waals surface area contributed by atoms with Crippen LogP contribution in [0.1, 0.15) is 5.89 Å². The number of halogens is 1. The summed E-state index contributed by atoms with van der Waals surface area (Å²) in [6, 6.07) is 15.0. The van der Waals surface area contributed by atoms with Crippen molar-refractivity contribution >= 4 is 23.4 Å². The maximum absolute atomic E-state index is 6.07. The van der Waals surface area contributed by atoms with E-state index in [2.05, 4.69) is 25.4 Å². The fraction of sp³-hybridized carbons (Fsp3) is 0.111. The highest BCUT2D eigenvalue weighted by Gasteiger charge is 2.14. The maximum Gasteiger partial charge on any atom is 0.247 e. The van der Waals surface area contributed by atoms with Gasteiger partial charge in [-0.15, -0.1) is 15.3 Å². The molecule has 0 fully saturated rings. The van der Waals surface area contributed by atoms with Crippen molar-refractivity contribution in [2.45, 2.75) is 10.9 Å². The summed E-state index contributed by atoms with van der Waals surface area (Å²) in [5.74, 6) is 2.70. The summed E-state index contributed by atoms with van der Waals surface area (Å²) in [6.45, 7) is 0. The van der Waals surface area contributed by atoms with Gasteiger partial charge < -0.3 is 9.15 Å². The Kier molecular flexibility index (Phi) is 5.08. The quantitative estimate of drug-likeness (QED) is 0.478. The van der Waals surface area contributed by atoms with Crippen LogP contribution in [0, 0.1) is 0 Å². The molecule has 2 aromatic heterocycles. The topological polar surface area (TPSA) is 89.7 Å². The van der Waals surface area contributed by atoms with Crippen LogP contribution >= 0.6 is 23.4 Å². The Bertz CT molecular complexity index is 1050. The molecule has 1 N–H and O–H groups in total. The van der Waals surface area contributed by atoms with Crippen LogP contribution in [0.2, 0.25) is 5.02 Å². The molecule has 0 atom stereocenters. The zero-order valence-electron chi connectivity index (χ0n) is 14.2. The van der Waals surface area contributed by atoms with E-state index in [1.807, 2.05) is 30.3 Å². The van der Waals surface area contributed by atoms with Crippen molar-refractivity contribution in [1.29, 1.82) is 0 Å². The Morgan fingerprint density at radius 3 is 2.81 bits per heavy atom. The number of nitrogens with one attached hydrogen (secondary N) is 1. The second-order valence-electron chi connectivity index (χ2n) is 5.47. The van der Waals surface area contributed by atoms with Crippen molar-refractivity contribution < 1.29 is 9.15 Å². The summed E-state index contributed by atoms with van der Waals surface area (Å²) in [7, 11) is 1.60. The van der Waals surface area contributed by atoms with Gasteiger partial charge in [-0.3, -0.25) is 5.10 Å². The third-order valence-corrected chi connectivity index (χ3v) is 4.76. The van der Waals surface area contributed by atoms with Crippen LogP contribution in [0.5, 0.6) is 5.75 Å². The van der Waals surface area contributed by atoms with Gasteiger partial charge in [0.25, 0.3) is 0 Å². The van der Waals surface area contributed by atoms with E-state index >= 15 is 0 Å². The largest absolute Gasteiger partial charge is 0.496 e. The van der Waals surface area contributed by atoms with Gasteiger partial charge in [-0.2, -0.15) is 0 Å². The molecule has 4 aromatic rings. The molecule has 2 aromatic carbocycles. The number of aromatic amines is 1. The number of methoxy groups -OCH3 is 1. The second-order valence-corrected chi connectivity index (χ2v) is 6.85. The molecule has 0 bridgehead atoms. The molecule has 4 rings (SSSR count). The molecule has 0 spiro atoms. The fourth-order valence-electron chi connectivity index (χ4n) is 2.43. The zero-order valence-corrected chi connectivity index (χ0v) is 15.8. The lowest BCUT2D eigenvalue weighted by atomic mass is 10.2. The van der Waals surface area contributed by atoms with Crippen LogP contribution < -0.4 is 4.74 Å². The average Bonchev–Trinajstić information content (AvgIpc) is 3.37. The van der Waals surface area contributed by atoms with Crippen molar-refractivity contribution in [3.63, 3.8) is 0 Å². The predicted octanol–water partition coefficient (Wildman–Crippen LogP) is 4.48. The smallest absolute Gasteiger partial charge is 0.247 e. The van der Waals surface area contributed by atoms with E-state index in [0.29, 0.717) is 39.3 Å². The molecule has 0 unspecified atom stereocenters. The van der Waals surface area contributed by atoms with Gasteiger partial charge in [0.05, 0.1) is 18.4 Å². The van der Waals surface area contributed by atoms with Crippen molar-refractivity contribution in [1.82, 2.24) is 25.4 Å². The first kappa shape index (κ1) is 17.6. The molecule has 0 saturated carbocycles. The Morgan fingerprint density at radius 1 is 1.15 bits per heavy atom. The standard InChI is InChI=1S/C18H14ClN5O2S/c1-25-14-8-7-12(19)9-13(14)16-20-18(24-22-16)27-10-15-21-23-17(26-15)11-5-3-2-4-6-11/h2-9H,10H2,1H3,(H,20,22,24). The van der Waals surface area contributed by atoms with Crippen LogP contribution in [0.3, 0.4) is 0 Å². The van der Waals surface area contributed by atoms with E-state index in [-0.39, 0.29) is 0 Å². The molecular weight excluding hydrogens is 386 g/mol. The molecule has 2 heterocycles. The monoisotopic (exact) mass is 399 g/mol. The second kappa shape index (κ2) is 7.81. The van der Waals surface area contributed by atoms with Crippen molar-refractivity contribution in [3.8, 4) is 28.6 Å². The molecule has 9 heteroatoms. The van der Waals surface area contributed by atoms with Crippen LogP contribution in [0.25, 0.3) is 22.8 Å². The molecule has 7 nitrogen and oxygen atoms in total.